The van der Waals surface area contributed by atoms with Crippen molar-refractivity contribution in [2.75, 3.05) is 5.73 Å². The molecule has 2 aromatic heterocycles. The van der Waals surface area contributed by atoms with Crippen LogP contribution in [0.5, 0.6) is 0 Å². The second-order valence-corrected chi connectivity index (χ2v) is 3.71. The van der Waals surface area contributed by atoms with Gasteiger partial charge in [-0.05, 0) is 20.8 Å². The number of nitrogens with two attached hydrogens (primary N) is 1. The normalized spacial score (nSPS) is 10.7. The largest absolute Gasteiger partial charge is 0.382 e. The summed E-state index contributed by atoms with van der Waals surface area (Å²) in [6, 6.07) is 0. The van der Waals surface area contributed by atoms with Crippen LogP contribution in [-0.4, -0.2) is 19.7 Å². The molecule has 0 unspecified atom stereocenters. The van der Waals surface area contributed by atoms with Gasteiger partial charge in [0.05, 0.1) is 17.6 Å². The first-order chi connectivity index (χ1) is 7.61. The molecule has 0 amide bonds. The van der Waals surface area contributed by atoms with Crippen molar-refractivity contribution in [3.8, 4) is 11.3 Å². The summed E-state index contributed by atoms with van der Waals surface area (Å²) < 4.78 is 1.84. The standard InChI is InChI=1S/C11H15N5/c1-4-16-6-9(5-13-16)10-11(12)15-8(3)7(2)14-10/h5-6H,4H2,1-3H3,(H2,12,15). The Morgan fingerprint density at radius 2 is 1.94 bits per heavy atom. The summed E-state index contributed by atoms with van der Waals surface area (Å²) >= 11 is 0. The zero-order valence-corrected chi connectivity index (χ0v) is 9.73. The van der Waals surface area contributed by atoms with Gasteiger partial charge < -0.3 is 5.73 Å². The summed E-state index contributed by atoms with van der Waals surface area (Å²) in [5.74, 6) is 0.457. The number of aromatic nitrogens is 4. The summed E-state index contributed by atoms with van der Waals surface area (Å²) in [4.78, 5) is 8.71. The van der Waals surface area contributed by atoms with Crippen LogP contribution in [0.1, 0.15) is 18.3 Å². The first kappa shape index (κ1) is 10.6. The lowest BCUT2D eigenvalue weighted by atomic mass is 10.2. The average molecular weight is 217 g/mol. The molecule has 0 radical (unpaired) electrons. The summed E-state index contributed by atoms with van der Waals surface area (Å²) in [5.41, 5.74) is 9.25. The van der Waals surface area contributed by atoms with E-state index in [1.165, 1.54) is 0 Å². The molecule has 0 saturated heterocycles. The summed E-state index contributed by atoms with van der Waals surface area (Å²) in [6.45, 7) is 6.69. The van der Waals surface area contributed by atoms with Gasteiger partial charge in [-0.25, -0.2) is 9.97 Å². The van der Waals surface area contributed by atoms with E-state index < -0.39 is 0 Å². The average Bonchev–Trinajstić information content (AvgIpc) is 2.71. The monoisotopic (exact) mass is 217 g/mol. The van der Waals surface area contributed by atoms with Crippen molar-refractivity contribution >= 4 is 5.82 Å². The highest BCUT2D eigenvalue weighted by Gasteiger charge is 2.10. The fraction of sp³-hybridized carbons (Fsp3) is 0.364. The molecule has 2 N–H and O–H groups in total. The fourth-order valence-corrected chi connectivity index (χ4v) is 1.49. The minimum absolute atomic E-state index is 0.457. The second-order valence-electron chi connectivity index (χ2n) is 3.71. The first-order valence-corrected chi connectivity index (χ1v) is 5.25. The number of aryl methyl sites for hydroxylation is 3. The van der Waals surface area contributed by atoms with Gasteiger partial charge in [0.1, 0.15) is 11.5 Å². The Bertz CT molecular complexity index is 515. The highest BCUT2D eigenvalue weighted by Crippen LogP contribution is 2.22. The van der Waals surface area contributed by atoms with Crippen molar-refractivity contribution < 1.29 is 0 Å². The van der Waals surface area contributed by atoms with Gasteiger partial charge in [0.25, 0.3) is 0 Å². The van der Waals surface area contributed by atoms with Crippen molar-refractivity contribution in [1.29, 1.82) is 0 Å². The molecule has 0 fully saturated rings. The van der Waals surface area contributed by atoms with Crippen molar-refractivity contribution in [3.63, 3.8) is 0 Å². The quantitative estimate of drug-likeness (QED) is 0.828. The lowest BCUT2D eigenvalue weighted by Crippen LogP contribution is -2.01. The molecule has 0 aliphatic heterocycles. The van der Waals surface area contributed by atoms with E-state index in [1.54, 1.807) is 6.20 Å². The Balaban J connectivity index is 2.51. The molecule has 0 aliphatic carbocycles. The molecule has 84 valence electrons. The van der Waals surface area contributed by atoms with Gasteiger partial charge in [-0.2, -0.15) is 5.10 Å². The molecule has 0 saturated carbocycles. The lowest BCUT2D eigenvalue weighted by molar-refractivity contribution is 0.660. The van der Waals surface area contributed by atoms with Gasteiger partial charge in [-0.1, -0.05) is 0 Å². The number of nitrogens with zero attached hydrogens (tertiary/aromatic N) is 4. The summed E-state index contributed by atoms with van der Waals surface area (Å²) in [7, 11) is 0. The summed E-state index contributed by atoms with van der Waals surface area (Å²) in [6.07, 6.45) is 3.69. The molecule has 2 rings (SSSR count). The molecule has 0 atom stereocenters. The van der Waals surface area contributed by atoms with E-state index in [1.807, 2.05) is 31.6 Å². The van der Waals surface area contributed by atoms with Crippen molar-refractivity contribution in [2.45, 2.75) is 27.3 Å². The van der Waals surface area contributed by atoms with E-state index in [-0.39, 0.29) is 0 Å². The molecule has 0 aromatic carbocycles. The Hall–Kier alpha value is -1.91. The van der Waals surface area contributed by atoms with Gasteiger partial charge in [-0.15, -0.1) is 0 Å². The molecule has 5 heteroatoms. The van der Waals surface area contributed by atoms with Crippen LogP contribution in [0, 0.1) is 13.8 Å². The SMILES string of the molecule is CCn1cc(-c2nc(C)c(C)nc2N)cn1. The van der Waals surface area contributed by atoms with Crippen LogP contribution in [0.3, 0.4) is 0 Å². The van der Waals surface area contributed by atoms with Crippen LogP contribution in [0.25, 0.3) is 11.3 Å². The molecular weight excluding hydrogens is 202 g/mol. The molecule has 16 heavy (non-hydrogen) atoms. The van der Waals surface area contributed by atoms with Crippen LogP contribution in [0.15, 0.2) is 12.4 Å². The predicted molar refractivity (Wildman–Crippen MR) is 62.8 cm³/mol. The van der Waals surface area contributed by atoms with Crippen LogP contribution in [0.2, 0.25) is 0 Å². The number of nitrogen functional groups attached to an aromatic ring is 1. The molecule has 2 aromatic rings. The maximum atomic E-state index is 5.86. The molecule has 0 aliphatic rings. The zero-order valence-electron chi connectivity index (χ0n) is 9.73. The molecular formula is C11H15N5. The minimum Gasteiger partial charge on any atom is -0.382 e. The maximum absolute atomic E-state index is 5.86. The predicted octanol–water partition coefficient (Wildman–Crippen LogP) is 1.56. The number of hydrogen-bond donors (Lipinski definition) is 1. The molecule has 2 heterocycles. The Kier molecular flexibility index (Phi) is 2.60. The smallest absolute Gasteiger partial charge is 0.150 e. The van der Waals surface area contributed by atoms with E-state index >= 15 is 0 Å². The molecule has 0 bridgehead atoms. The van der Waals surface area contributed by atoms with Crippen LogP contribution >= 0.6 is 0 Å². The van der Waals surface area contributed by atoms with Gasteiger partial charge in [-0.3, -0.25) is 4.68 Å². The summed E-state index contributed by atoms with van der Waals surface area (Å²) in [5, 5.41) is 4.20. The maximum Gasteiger partial charge on any atom is 0.150 e. The highest BCUT2D eigenvalue weighted by molar-refractivity contribution is 5.68. The Labute approximate surface area is 94.3 Å². The molecule has 5 nitrogen and oxygen atoms in total. The molecule has 0 spiro atoms. The Morgan fingerprint density at radius 3 is 2.56 bits per heavy atom. The second kappa shape index (κ2) is 3.92. The van der Waals surface area contributed by atoms with E-state index in [0.29, 0.717) is 11.5 Å². The zero-order chi connectivity index (χ0) is 11.7. The van der Waals surface area contributed by atoms with Gasteiger partial charge >= 0.3 is 0 Å². The topological polar surface area (TPSA) is 69.6 Å². The van der Waals surface area contributed by atoms with E-state index in [9.17, 15) is 0 Å². The first-order valence-electron chi connectivity index (χ1n) is 5.25. The van der Waals surface area contributed by atoms with Gasteiger partial charge in [0, 0.05) is 18.3 Å². The van der Waals surface area contributed by atoms with Crippen molar-refractivity contribution in [2.24, 2.45) is 0 Å². The van der Waals surface area contributed by atoms with Crippen LogP contribution in [-0.2, 0) is 6.54 Å². The van der Waals surface area contributed by atoms with E-state index in [4.69, 9.17) is 5.73 Å². The van der Waals surface area contributed by atoms with Crippen molar-refractivity contribution in [1.82, 2.24) is 19.7 Å². The Morgan fingerprint density at radius 1 is 1.25 bits per heavy atom. The van der Waals surface area contributed by atoms with Gasteiger partial charge in [0.2, 0.25) is 0 Å². The number of hydrogen-bond acceptors (Lipinski definition) is 4. The lowest BCUT2D eigenvalue weighted by Gasteiger charge is -2.05. The van der Waals surface area contributed by atoms with Crippen molar-refractivity contribution in [3.05, 3.63) is 23.8 Å². The van der Waals surface area contributed by atoms with Gasteiger partial charge in [0.15, 0.2) is 0 Å². The highest BCUT2D eigenvalue weighted by atomic mass is 15.3. The van der Waals surface area contributed by atoms with E-state index in [0.717, 1.165) is 23.5 Å². The van der Waals surface area contributed by atoms with Crippen LogP contribution < -0.4 is 5.73 Å². The third-order valence-electron chi connectivity index (χ3n) is 2.56. The fourth-order valence-electron chi connectivity index (χ4n) is 1.49. The van der Waals surface area contributed by atoms with Crippen LogP contribution in [0.4, 0.5) is 5.82 Å². The minimum atomic E-state index is 0.457. The van der Waals surface area contributed by atoms with E-state index in [2.05, 4.69) is 15.1 Å². The third-order valence-corrected chi connectivity index (χ3v) is 2.56. The third kappa shape index (κ3) is 1.76. The number of rotatable bonds is 2. The number of anilines is 1.